The van der Waals surface area contributed by atoms with Crippen molar-refractivity contribution in [3.05, 3.63) is 125 Å². The minimum Gasteiger partial charge on any atom is -0.497 e. The second-order valence-corrected chi connectivity index (χ2v) is 9.12. The first-order chi connectivity index (χ1) is 19.0. The lowest BCUT2D eigenvalue weighted by atomic mass is 9.77. The summed E-state index contributed by atoms with van der Waals surface area (Å²) in [5.41, 5.74) is 4.09. The van der Waals surface area contributed by atoms with Crippen LogP contribution < -0.4 is 14.2 Å². The summed E-state index contributed by atoms with van der Waals surface area (Å²) in [6.07, 6.45) is 2.32. The third kappa shape index (κ3) is 9.49. The van der Waals surface area contributed by atoms with E-state index in [4.69, 9.17) is 14.2 Å². The van der Waals surface area contributed by atoms with Crippen LogP contribution in [0.3, 0.4) is 0 Å². The second-order valence-electron chi connectivity index (χ2n) is 9.12. The van der Waals surface area contributed by atoms with Crippen molar-refractivity contribution in [1.29, 1.82) is 0 Å². The molecular formula is C35H44O4. The van der Waals surface area contributed by atoms with E-state index in [2.05, 4.69) is 31.2 Å². The maximum atomic E-state index is 9.94. The first-order valence-electron chi connectivity index (χ1n) is 13.7. The molecule has 0 saturated carbocycles. The molecule has 0 spiro atoms. The van der Waals surface area contributed by atoms with Crippen molar-refractivity contribution in [3.8, 4) is 17.2 Å². The van der Waals surface area contributed by atoms with Crippen LogP contribution in [-0.4, -0.2) is 25.9 Å². The van der Waals surface area contributed by atoms with E-state index < -0.39 is 5.41 Å². The SMILES string of the molecule is CC.CCCc1ccc(OCc2ccccc2)cc1.COc1cccc(C(C)(CO)c2cccc(OC)c2)c1. The summed E-state index contributed by atoms with van der Waals surface area (Å²) in [6, 6.07) is 34.2. The highest BCUT2D eigenvalue weighted by Gasteiger charge is 2.29. The van der Waals surface area contributed by atoms with E-state index in [9.17, 15) is 5.11 Å². The molecule has 4 aromatic carbocycles. The molecule has 0 heterocycles. The van der Waals surface area contributed by atoms with Crippen molar-refractivity contribution < 1.29 is 19.3 Å². The van der Waals surface area contributed by atoms with Gasteiger partial charge in [-0.05, 0) is 72.0 Å². The van der Waals surface area contributed by atoms with Gasteiger partial charge in [0.25, 0.3) is 0 Å². The number of aliphatic hydroxyl groups excluding tert-OH is 1. The fourth-order valence-electron chi connectivity index (χ4n) is 4.06. The molecule has 4 nitrogen and oxygen atoms in total. The zero-order chi connectivity index (χ0) is 28.5. The summed E-state index contributed by atoms with van der Waals surface area (Å²) in [4.78, 5) is 0. The Hall–Kier alpha value is -3.76. The molecule has 0 bridgehead atoms. The van der Waals surface area contributed by atoms with Crippen LogP contribution in [0.15, 0.2) is 103 Å². The van der Waals surface area contributed by atoms with E-state index in [1.165, 1.54) is 17.5 Å². The van der Waals surface area contributed by atoms with Crippen molar-refractivity contribution >= 4 is 0 Å². The van der Waals surface area contributed by atoms with E-state index in [0.29, 0.717) is 6.61 Å². The fraction of sp³-hybridized carbons (Fsp3) is 0.314. The van der Waals surface area contributed by atoms with Crippen LogP contribution in [0, 0.1) is 0 Å². The van der Waals surface area contributed by atoms with Gasteiger partial charge < -0.3 is 19.3 Å². The Kier molecular flexibility index (Phi) is 13.7. The first-order valence-corrected chi connectivity index (χ1v) is 13.7. The molecule has 0 fully saturated rings. The average Bonchev–Trinajstić information content (AvgIpc) is 3.02. The summed E-state index contributed by atoms with van der Waals surface area (Å²) < 4.78 is 16.3. The lowest BCUT2D eigenvalue weighted by Gasteiger charge is -2.29. The molecule has 4 aromatic rings. The molecular weight excluding hydrogens is 484 g/mol. The Morgan fingerprint density at radius 2 is 1.18 bits per heavy atom. The third-order valence-electron chi connectivity index (χ3n) is 6.44. The Balaban J connectivity index is 0.000000260. The largest absolute Gasteiger partial charge is 0.497 e. The molecule has 0 unspecified atom stereocenters. The average molecular weight is 529 g/mol. The summed E-state index contributed by atoms with van der Waals surface area (Å²) in [6.45, 7) is 8.84. The molecule has 4 heteroatoms. The minimum absolute atomic E-state index is 0.00728. The highest BCUT2D eigenvalue weighted by molar-refractivity contribution is 5.44. The van der Waals surface area contributed by atoms with Gasteiger partial charge in [0, 0.05) is 5.41 Å². The van der Waals surface area contributed by atoms with Gasteiger partial charge in [0.15, 0.2) is 0 Å². The smallest absolute Gasteiger partial charge is 0.119 e. The third-order valence-corrected chi connectivity index (χ3v) is 6.44. The molecule has 1 N–H and O–H groups in total. The predicted molar refractivity (Wildman–Crippen MR) is 162 cm³/mol. The van der Waals surface area contributed by atoms with Gasteiger partial charge in [-0.2, -0.15) is 0 Å². The van der Waals surface area contributed by atoms with Gasteiger partial charge in [-0.3, -0.25) is 0 Å². The van der Waals surface area contributed by atoms with Gasteiger partial charge in [-0.25, -0.2) is 0 Å². The molecule has 208 valence electrons. The normalized spacial score (nSPS) is 10.3. The topological polar surface area (TPSA) is 47.9 Å². The number of rotatable bonds is 10. The molecule has 0 aliphatic rings. The zero-order valence-electron chi connectivity index (χ0n) is 24.3. The van der Waals surface area contributed by atoms with E-state index in [0.717, 1.165) is 34.8 Å². The number of hydrogen-bond donors (Lipinski definition) is 1. The molecule has 0 amide bonds. The molecule has 0 aliphatic carbocycles. The van der Waals surface area contributed by atoms with Crippen molar-refractivity contribution in [3.63, 3.8) is 0 Å². The molecule has 0 saturated heterocycles. The van der Waals surface area contributed by atoms with Crippen molar-refractivity contribution in [2.45, 2.75) is 52.6 Å². The lowest BCUT2D eigenvalue weighted by Crippen LogP contribution is -2.28. The maximum absolute atomic E-state index is 9.94. The van der Waals surface area contributed by atoms with E-state index in [1.54, 1.807) is 14.2 Å². The Morgan fingerprint density at radius 1 is 0.641 bits per heavy atom. The van der Waals surface area contributed by atoms with Crippen molar-refractivity contribution in [1.82, 2.24) is 0 Å². The predicted octanol–water partition coefficient (Wildman–Crippen LogP) is 8.25. The fourth-order valence-corrected chi connectivity index (χ4v) is 4.06. The molecule has 4 rings (SSSR count). The number of ether oxygens (including phenoxy) is 3. The van der Waals surface area contributed by atoms with Crippen LogP contribution in [-0.2, 0) is 18.4 Å². The lowest BCUT2D eigenvalue weighted by molar-refractivity contribution is 0.230. The van der Waals surface area contributed by atoms with E-state index in [1.807, 2.05) is 99.6 Å². The summed E-state index contributed by atoms with van der Waals surface area (Å²) in [5, 5.41) is 9.94. The molecule has 0 atom stereocenters. The van der Waals surface area contributed by atoms with Crippen molar-refractivity contribution in [2.75, 3.05) is 20.8 Å². The van der Waals surface area contributed by atoms with Crippen LogP contribution in [0.1, 0.15) is 56.4 Å². The molecule has 0 aliphatic heterocycles. The van der Waals surface area contributed by atoms with Crippen LogP contribution >= 0.6 is 0 Å². The molecule has 39 heavy (non-hydrogen) atoms. The van der Waals surface area contributed by atoms with Gasteiger partial charge in [0.05, 0.1) is 20.8 Å². The molecule has 0 radical (unpaired) electrons. The molecule has 0 aromatic heterocycles. The van der Waals surface area contributed by atoms with Crippen molar-refractivity contribution in [2.24, 2.45) is 0 Å². The van der Waals surface area contributed by atoms with Gasteiger partial charge in [-0.1, -0.05) is 93.9 Å². The van der Waals surface area contributed by atoms with Gasteiger partial charge in [0.2, 0.25) is 0 Å². The van der Waals surface area contributed by atoms with Crippen LogP contribution in [0.25, 0.3) is 0 Å². The second kappa shape index (κ2) is 17.0. The van der Waals surface area contributed by atoms with Gasteiger partial charge in [0.1, 0.15) is 23.9 Å². The summed E-state index contributed by atoms with van der Waals surface area (Å²) in [5.74, 6) is 2.50. The highest BCUT2D eigenvalue weighted by atomic mass is 16.5. The number of aryl methyl sites for hydroxylation is 1. The van der Waals surface area contributed by atoms with Crippen LogP contribution in [0.4, 0.5) is 0 Å². The van der Waals surface area contributed by atoms with E-state index in [-0.39, 0.29) is 6.61 Å². The summed E-state index contributed by atoms with van der Waals surface area (Å²) >= 11 is 0. The Labute approximate surface area is 235 Å². The van der Waals surface area contributed by atoms with Crippen LogP contribution in [0.2, 0.25) is 0 Å². The first kappa shape index (κ1) is 31.5. The van der Waals surface area contributed by atoms with Crippen LogP contribution in [0.5, 0.6) is 17.2 Å². The Bertz CT molecular complexity index is 1160. The number of benzene rings is 4. The quantitative estimate of drug-likeness (QED) is 0.225. The highest BCUT2D eigenvalue weighted by Crippen LogP contribution is 2.34. The zero-order valence-corrected chi connectivity index (χ0v) is 24.3. The maximum Gasteiger partial charge on any atom is 0.119 e. The van der Waals surface area contributed by atoms with E-state index >= 15 is 0 Å². The van der Waals surface area contributed by atoms with Gasteiger partial charge in [-0.15, -0.1) is 0 Å². The monoisotopic (exact) mass is 528 g/mol. The number of hydrogen-bond acceptors (Lipinski definition) is 4. The number of methoxy groups -OCH3 is 2. The van der Waals surface area contributed by atoms with Gasteiger partial charge >= 0.3 is 0 Å². The summed E-state index contributed by atoms with van der Waals surface area (Å²) in [7, 11) is 3.28. The standard InChI is InChI=1S/C17H20O3.C16H18O.C2H6/c1-17(12-18,13-6-4-8-15(10-13)19-2)14-7-5-9-16(11-14)20-3;1-2-6-14-9-11-16(12-10-14)17-13-15-7-4-3-5-8-15;1-2/h4-11,18H,12H2,1-3H3;3-5,7-12H,2,6,13H2,1H3;1-2H3. The Morgan fingerprint density at radius 3 is 1.64 bits per heavy atom. The minimum atomic E-state index is -0.497. The number of aliphatic hydroxyl groups is 1.